The summed E-state index contributed by atoms with van der Waals surface area (Å²) in [6.45, 7) is 2.25. The first-order chi connectivity index (χ1) is 13.6. The van der Waals surface area contributed by atoms with Gasteiger partial charge in [0, 0.05) is 44.1 Å². The lowest BCUT2D eigenvalue weighted by atomic mass is 9.97. The van der Waals surface area contributed by atoms with Crippen LogP contribution in [0.3, 0.4) is 0 Å². The van der Waals surface area contributed by atoms with Gasteiger partial charge in [0.05, 0.1) is 6.04 Å². The molecule has 4 nitrogen and oxygen atoms in total. The molecule has 5 heteroatoms. The number of halogens is 1. The summed E-state index contributed by atoms with van der Waals surface area (Å²) in [6.07, 6.45) is 3.02. The van der Waals surface area contributed by atoms with E-state index in [0.717, 1.165) is 25.2 Å². The first kappa shape index (κ1) is 18.4. The normalized spacial score (nSPS) is 15.1. The molecule has 0 fully saturated rings. The number of aryl methyl sites for hydroxylation is 1. The molecule has 0 radical (unpaired) electrons. The molecule has 1 N–H and O–H groups in total. The number of nitrogens with one attached hydrogen (secondary N) is 1. The summed E-state index contributed by atoms with van der Waals surface area (Å²) in [6, 6.07) is 18.5. The largest absolute Gasteiger partial charge is 0.353 e. The first-order valence-corrected chi connectivity index (χ1v) is 9.57. The number of carbonyl (C=O) groups excluding carboxylic acids is 1. The fraction of sp³-hybridized carbons (Fsp3) is 0.261. The van der Waals surface area contributed by atoms with Crippen molar-refractivity contribution in [2.75, 3.05) is 13.1 Å². The smallest absolute Gasteiger partial charge is 0.251 e. The second-order valence-corrected chi connectivity index (χ2v) is 7.27. The van der Waals surface area contributed by atoms with Gasteiger partial charge in [0.2, 0.25) is 0 Å². The molecule has 0 saturated carbocycles. The average Bonchev–Trinajstić information content (AvgIpc) is 3.13. The van der Waals surface area contributed by atoms with E-state index >= 15 is 0 Å². The fourth-order valence-corrected chi connectivity index (χ4v) is 3.95. The van der Waals surface area contributed by atoms with E-state index in [1.807, 2.05) is 19.3 Å². The summed E-state index contributed by atoms with van der Waals surface area (Å²) in [5.41, 5.74) is 4.23. The van der Waals surface area contributed by atoms with Crippen LogP contribution in [0.15, 0.2) is 66.9 Å². The molecular formula is C23H24FN3O. The Hall–Kier alpha value is -2.92. The molecule has 2 heterocycles. The van der Waals surface area contributed by atoms with Crippen LogP contribution in [0.4, 0.5) is 4.39 Å². The molecule has 3 aromatic rings. The van der Waals surface area contributed by atoms with Gasteiger partial charge in [0.25, 0.3) is 5.91 Å². The third-order valence-electron chi connectivity index (χ3n) is 5.47. The molecule has 1 amide bonds. The number of hydrogen-bond acceptors (Lipinski definition) is 2. The molecule has 0 saturated heterocycles. The van der Waals surface area contributed by atoms with E-state index in [-0.39, 0.29) is 11.9 Å². The van der Waals surface area contributed by atoms with Crippen molar-refractivity contribution < 1.29 is 9.18 Å². The predicted molar refractivity (Wildman–Crippen MR) is 107 cm³/mol. The number of carbonyl (C=O) groups is 1. The molecule has 1 aliphatic heterocycles. The third kappa shape index (κ3) is 3.85. The van der Waals surface area contributed by atoms with Crippen molar-refractivity contribution in [2.45, 2.75) is 19.0 Å². The van der Waals surface area contributed by atoms with Crippen molar-refractivity contribution in [1.82, 2.24) is 14.8 Å². The zero-order valence-electron chi connectivity index (χ0n) is 15.9. The summed E-state index contributed by atoms with van der Waals surface area (Å²) in [5.74, 6) is -0.657. The number of hydrogen-bond donors (Lipinski definition) is 1. The van der Waals surface area contributed by atoms with Crippen LogP contribution < -0.4 is 5.32 Å². The number of nitrogens with zero attached hydrogens (tertiary/aromatic N) is 2. The minimum absolute atomic E-state index is 0.0471. The molecule has 4 rings (SSSR count). The van der Waals surface area contributed by atoms with Gasteiger partial charge in [-0.2, -0.15) is 0 Å². The number of fused-ring (bicyclic) bond motifs is 1. The monoisotopic (exact) mass is 377 g/mol. The number of rotatable bonds is 5. The lowest BCUT2D eigenvalue weighted by molar-refractivity contribution is 0.0925. The van der Waals surface area contributed by atoms with Crippen molar-refractivity contribution in [3.05, 3.63) is 95.1 Å². The summed E-state index contributed by atoms with van der Waals surface area (Å²) >= 11 is 0. The van der Waals surface area contributed by atoms with Gasteiger partial charge in [-0.05, 0) is 47.9 Å². The minimum Gasteiger partial charge on any atom is -0.353 e. The summed E-state index contributed by atoms with van der Waals surface area (Å²) in [4.78, 5) is 14.9. The van der Waals surface area contributed by atoms with Crippen LogP contribution in [0.5, 0.6) is 0 Å². The Kier molecular flexibility index (Phi) is 5.26. The van der Waals surface area contributed by atoms with Crippen molar-refractivity contribution in [2.24, 2.45) is 7.05 Å². The molecule has 28 heavy (non-hydrogen) atoms. The maximum Gasteiger partial charge on any atom is 0.251 e. The summed E-state index contributed by atoms with van der Waals surface area (Å²) < 4.78 is 15.5. The fourth-order valence-electron chi connectivity index (χ4n) is 3.95. The third-order valence-corrected chi connectivity index (χ3v) is 5.47. The van der Waals surface area contributed by atoms with Crippen LogP contribution in [0.1, 0.15) is 33.2 Å². The molecule has 1 aromatic heterocycles. The highest BCUT2D eigenvalue weighted by molar-refractivity contribution is 5.94. The standard InChI is InChI=1S/C23H24FN3O/c1-26-12-5-10-21(26)22(15-25-23(28)18-8-4-9-20(24)14-18)27-13-11-17-6-2-3-7-19(17)16-27/h2-10,12,14,22H,11,13,15-16H2,1H3,(H,25,28). The Balaban J connectivity index is 1.54. The van der Waals surface area contributed by atoms with Crippen LogP contribution in [0.2, 0.25) is 0 Å². The minimum atomic E-state index is -0.403. The van der Waals surface area contributed by atoms with Gasteiger partial charge >= 0.3 is 0 Å². The maximum absolute atomic E-state index is 13.4. The van der Waals surface area contributed by atoms with Gasteiger partial charge in [-0.25, -0.2) is 4.39 Å². The molecule has 0 spiro atoms. The van der Waals surface area contributed by atoms with E-state index in [4.69, 9.17) is 0 Å². The SMILES string of the molecule is Cn1cccc1C(CNC(=O)c1cccc(F)c1)N1CCc2ccccc2C1. The number of benzene rings is 2. The van der Waals surface area contributed by atoms with Crippen LogP contribution in [0, 0.1) is 5.82 Å². The van der Waals surface area contributed by atoms with Crippen molar-refractivity contribution >= 4 is 5.91 Å². The van der Waals surface area contributed by atoms with E-state index < -0.39 is 5.82 Å². The zero-order valence-corrected chi connectivity index (χ0v) is 15.9. The van der Waals surface area contributed by atoms with E-state index in [1.54, 1.807) is 12.1 Å². The van der Waals surface area contributed by atoms with Gasteiger partial charge in [-0.3, -0.25) is 9.69 Å². The topological polar surface area (TPSA) is 37.3 Å². The highest BCUT2D eigenvalue weighted by atomic mass is 19.1. The molecule has 1 unspecified atom stereocenters. The summed E-state index contributed by atoms with van der Waals surface area (Å²) in [5, 5.41) is 3.00. The molecule has 0 aliphatic carbocycles. The maximum atomic E-state index is 13.4. The lowest BCUT2D eigenvalue weighted by Gasteiger charge is -2.36. The van der Waals surface area contributed by atoms with Crippen molar-refractivity contribution in [1.29, 1.82) is 0 Å². The average molecular weight is 377 g/mol. The Morgan fingerprint density at radius 1 is 1.11 bits per heavy atom. The summed E-state index contributed by atoms with van der Waals surface area (Å²) in [7, 11) is 2.02. The second-order valence-electron chi connectivity index (χ2n) is 7.27. The molecule has 1 aliphatic rings. The van der Waals surface area contributed by atoms with Gasteiger partial charge in [0.15, 0.2) is 0 Å². The predicted octanol–water partition coefficient (Wildman–Crippen LogP) is 3.69. The highest BCUT2D eigenvalue weighted by Crippen LogP contribution is 2.27. The lowest BCUT2D eigenvalue weighted by Crippen LogP contribution is -2.41. The molecule has 1 atom stereocenters. The molecule has 0 bridgehead atoms. The van der Waals surface area contributed by atoms with Gasteiger partial charge in [-0.1, -0.05) is 30.3 Å². The zero-order chi connectivity index (χ0) is 19.5. The second kappa shape index (κ2) is 7.98. The Morgan fingerprint density at radius 2 is 1.93 bits per heavy atom. The molecular weight excluding hydrogens is 353 g/mol. The Labute approximate surface area is 164 Å². The van der Waals surface area contributed by atoms with Gasteiger partial charge in [0.1, 0.15) is 5.82 Å². The van der Waals surface area contributed by atoms with Crippen LogP contribution in [-0.2, 0) is 20.0 Å². The van der Waals surface area contributed by atoms with Crippen molar-refractivity contribution in [3.63, 3.8) is 0 Å². The number of aromatic nitrogens is 1. The van der Waals surface area contributed by atoms with E-state index in [1.165, 1.54) is 23.3 Å². The van der Waals surface area contributed by atoms with E-state index in [2.05, 4.69) is 45.1 Å². The van der Waals surface area contributed by atoms with Crippen LogP contribution >= 0.6 is 0 Å². The van der Waals surface area contributed by atoms with Gasteiger partial charge < -0.3 is 9.88 Å². The van der Waals surface area contributed by atoms with Gasteiger partial charge in [-0.15, -0.1) is 0 Å². The Bertz CT molecular complexity index is 981. The quantitative estimate of drug-likeness (QED) is 0.736. The molecule has 2 aromatic carbocycles. The molecule has 144 valence electrons. The van der Waals surface area contributed by atoms with Crippen molar-refractivity contribution in [3.8, 4) is 0 Å². The van der Waals surface area contributed by atoms with E-state index in [9.17, 15) is 9.18 Å². The first-order valence-electron chi connectivity index (χ1n) is 9.57. The van der Waals surface area contributed by atoms with E-state index in [0.29, 0.717) is 12.1 Å². The number of amides is 1. The highest BCUT2D eigenvalue weighted by Gasteiger charge is 2.26. The Morgan fingerprint density at radius 3 is 2.68 bits per heavy atom. The van der Waals surface area contributed by atoms with Crippen LogP contribution in [0.25, 0.3) is 0 Å². The van der Waals surface area contributed by atoms with Crippen LogP contribution in [-0.4, -0.2) is 28.5 Å².